The van der Waals surface area contributed by atoms with Gasteiger partial charge in [0.1, 0.15) is 22.5 Å². The van der Waals surface area contributed by atoms with E-state index in [9.17, 15) is 19.4 Å². The first-order valence-corrected chi connectivity index (χ1v) is 21.1. The maximum absolute atomic E-state index is 15.1. The molecule has 4 aromatic heterocycles. The van der Waals surface area contributed by atoms with Crippen molar-refractivity contribution in [3.05, 3.63) is 185 Å². The minimum atomic E-state index is -0.759. The molecule has 8 rings (SSSR count). The van der Waals surface area contributed by atoms with Crippen LogP contribution in [0.3, 0.4) is 0 Å². The van der Waals surface area contributed by atoms with Gasteiger partial charge in [0, 0.05) is 57.8 Å². The van der Waals surface area contributed by atoms with E-state index >= 15 is 4.39 Å². The van der Waals surface area contributed by atoms with E-state index in [1.165, 1.54) is 12.4 Å². The lowest BCUT2D eigenvalue weighted by Gasteiger charge is -2.24. The van der Waals surface area contributed by atoms with Gasteiger partial charge in [0.25, 0.3) is 0 Å². The van der Waals surface area contributed by atoms with Crippen LogP contribution in [0.1, 0.15) is 52.5 Å². The highest BCUT2D eigenvalue weighted by atomic mass is 35.5. The van der Waals surface area contributed by atoms with Gasteiger partial charge >= 0.3 is 0 Å². The van der Waals surface area contributed by atoms with Crippen molar-refractivity contribution in [2.75, 3.05) is 11.1 Å². The van der Waals surface area contributed by atoms with Gasteiger partial charge in [0.2, 0.25) is 0 Å². The first kappa shape index (κ1) is 48.5. The molecular weight excluding hydrogens is 935 g/mol. The monoisotopic (exact) mass is 968 g/mol. The summed E-state index contributed by atoms with van der Waals surface area (Å²) < 4.78 is 28.1. The van der Waals surface area contributed by atoms with Gasteiger partial charge in [-0.05, 0) is 48.7 Å². The molecule has 0 saturated heterocycles. The molecule has 0 amide bonds. The summed E-state index contributed by atoms with van der Waals surface area (Å²) in [7, 11) is 0. The minimum Gasteiger partial charge on any atom is -0.506 e. The number of hydrogen-bond donors (Lipinski definition) is 4. The molecule has 0 saturated carbocycles. The van der Waals surface area contributed by atoms with Crippen LogP contribution < -0.4 is 11.1 Å². The zero-order valence-corrected chi connectivity index (χ0v) is 37.8. The number of rotatable bonds is 7. The highest BCUT2D eigenvalue weighted by molar-refractivity contribution is 6.43. The number of fused-ring (bicyclic) bond motifs is 2. The number of aromatic hydroxyl groups is 2. The molecule has 8 aromatic rings. The van der Waals surface area contributed by atoms with E-state index in [4.69, 9.17) is 75.3 Å². The first-order valence-electron chi connectivity index (χ1n) is 18.8. The van der Waals surface area contributed by atoms with E-state index in [1.54, 1.807) is 80.0 Å². The van der Waals surface area contributed by atoms with Gasteiger partial charge < -0.3 is 21.3 Å². The van der Waals surface area contributed by atoms with E-state index in [-0.39, 0.29) is 33.2 Å². The summed E-state index contributed by atoms with van der Waals surface area (Å²) >= 11 is 35.7. The molecule has 0 fully saturated rings. The van der Waals surface area contributed by atoms with Gasteiger partial charge in [-0.3, -0.25) is 14.8 Å². The number of nitrogens with two attached hydrogens (primary N) is 1. The predicted molar refractivity (Wildman–Crippen MR) is 252 cm³/mol. The zero-order chi connectivity index (χ0) is 45.8. The maximum atomic E-state index is 15.1. The molecule has 0 spiro atoms. The van der Waals surface area contributed by atoms with Crippen LogP contribution in [0.5, 0.6) is 11.5 Å². The highest BCUT2D eigenvalue weighted by Crippen LogP contribution is 2.41. The first-order chi connectivity index (χ1) is 30.2. The fraction of sp³-hybridized carbons (Fsp3) is 0.109. The number of phenols is 2. The predicted octanol–water partition coefficient (Wildman–Crippen LogP) is 14.0. The Morgan fingerprint density at radius 2 is 1.19 bits per heavy atom. The number of nitrogens with one attached hydrogen (secondary N) is 1. The molecule has 63 heavy (non-hydrogen) atoms. The third kappa shape index (κ3) is 11.7. The van der Waals surface area contributed by atoms with Gasteiger partial charge in [0.15, 0.2) is 29.6 Å². The second-order valence-electron chi connectivity index (χ2n) is 13.2. The molecule has 4 heterocycles. The zero-order valence-electron chi connectivity index (χ0n) is 33.2. The number of phenolic OH excluding ortho intramolecular Hbond substituents is 2. The van der Waals surface area contributed by atoms with Crippen molar-refractivity contribution in [2.24, 2.45) is 0 Å². The van der Waals surface area contributed by atoms with Crippen molar-refractivity contribution in [3.63, 3.8) is 0 Å². The van der Waals surface area contributed by atoms with E-state index in [0.29, 0.717) is 78.1 Å². The number of pyridine rings is 4. The second-order valence-corrected chi connectivity index (χ2v) is 15.5. The number of carbonyl (C=O) groups is 1. The molecule has 1 unspecified atom stereocenters. The van der Waals surface area contributed by atoms with Crippen LogP contribution in [0.15, 0.2) is 116 Å². The summed E-state index contributed by atoms with van der Waals surface area (Å²) in [6.45, 7) is 3.62. The number of hydrogen-bond acceptors (Lipinski definition) is 9. The summed E-state index contributed by atoms with van der Waals surface area (Å²) in [4.78, 5) is 26.2. The quantitative estimate of drug-likeness (QED) is 0.115. The van der Waals surface area contributed by atoms with Crippen molar-refractivity contribution >= 4 is 109 Å². The smallest absolute Gasteiger partial charge is 0.170 e. The molecule has 1 atom stereocenters. The molecule has 0 aliphatic heterocycles. The fourth-order valence-electron chi connectivity index (χ4n) is 6.05. The molecule has 324 valence electrons. The molecule has 0 aliphatic rings. The van der Waals surface area contributed by atoms with Gasteiger partial charge in [0.05, 0.1) is 36.2 Å². The topological polar surface area (TPSA) is 147 Å². The summed E-state index contributed by atoms with van der Waals surface area (Å²) in [5.74, 6) is -0.967. The van der Waals surface area contributed by atoms with Crippen LogP contribution in [0.25, 0.3) is 21.8 Å². The molecule has 9 nitrogen and oxygen atoms in total. The average Bonchev–Trinajstić information content (AvgIpc) is 3.29. The third-order valence-corrected chi connectivity index (χ3v) is 11.6. The molecule has 4 aromatic carbocycles. The molecule has 0 bridgehead atoms. The summed E-state index contributed by atoms with van der Waals surface area (Å²) in [5.41, 5.74) is 8.50. The van der Waals surface area contributed by atoms with Gasteiger partial charge in [-0.25, -0.2) is 18.7 Å². The van der Waals surface area contributed by atoms with E-state index in [2.05, 4.69) is 25.3 Å². The van der Waals surface area contributed by atoms with Crippen molar-refractivity contribution in [2.45, 2.75) is 32.7 Å². The number of nitrogens with zero attached hydrogens (tertiary/aromatic N) is 4. The number of aromatic nitrogens is 4. The van der Waals surface area contributed by atoms with Crippen LogP contribution in [0, 0.1) is 11.6 Å². The maximum Gasteiger partial charge on any atom is 0.170 e. The fourth-order valence-corrected chi connectivity index (χ4v) is 7.35. The van der Waals surface area contributed by atoms with Crippen molar-refractivity contribution in [3.8, 4) is 11.5 Å². The van der Waals surface area contributed by atoms with Gasteiger partial charge in [-0.1, -0.05) is 144 Å². The number of anilines is 2. The Labute approximate surface area is 391 Å². The number of para-hydroxylation sites is 1. The average molecular weight is 972 g/mol. The SMILES string of the molecule is CCc1c(Cl)cnc(N)c1F.CCc1c(Cl)cnc(NC(c2cccc(Cl)c2Cl)c2ccc3cccnc3c2O)c1F.O=Cc1cccc(Cl)c1Cl.Oc1cccc2cccnc12. The number of carbonyl (C=O) groups excluding carboxylic acids is 1. The second kappa shape index (κ2) is 22.7. The third-order valence-electron chi connectivity index (χ3n) is 9.25. The Bertz CT molecular complexity index is 2890. The Kier molecular flexibility index (Phi) is 17.5. The minimum absolute atomic E-state index is 0.0113. The number of benzene rings is 4. The summed E-state index contributed by atoms with van der Waals surface area (Å²) in [6, 6.07) is 25.6. The summed E-state index contributed by atoms with van der Waals surface area (Å²) in [5, 5.41) is 27.1. The van der Waals surface area contributed by atoms with Crippen LogP contribution in [-0.2, 0) is 12.8 Å². The lowest BCUT2D eigenvalue weighted by Crippen LogP contribution is -2.16. The van der Waals surface area contributed by atoms with Crippen LogP contribution >= 0.6 is 69.6 Å². The highest BCUT2D eigenvalue weighted by Gasteiger charge is 2.25. The van der Waals surface area contributed by atoms with Crippen LogP contribution in [0.4, 0.5) is 20.4 Å². The van der Waals surface area contributed by atoms with Gasteiger partial charge in [-0.15, -0.1) is 0 Å². The molecule has 5 N–H and O–H groups in total. The van der Waals surface area contributed by atoms with Crippen LogP contribution in [-0.4, -0.2) is 36.4 Å². The summed E-state index contributed by atoms with van der Waals surface area (Å²) in [6.07, 6.45) is 7.61. The lowest BCUT2D eigenvalue weighted by molar-refractivity contribution is 0.112. The van der Waals surface area contributed by atoms with Crippen molar-refractivity contribution < 1.29 is 23.8 Å². The van der Waals surface area contributed by atoms with E-state index < -0.39 is 17.7 Å². The van der Waals surface area contributed by atoms with Crippen LogP contribution in [0.2, 0.25) is 30.1 Å². The Morgan fingerprint density at radius 3 is 1.79 bits per heavy atom. The number of nitrogen functional groups attached to an aromatic ring is 1. The van der Waals surface area contributed by atoms with Crippen molar-refractivity contribution in [1.29, 1.82) is 0 Å². The molecule has 0 radical (unpaired) electrons. The largest absolute Gasteiger partial charge is 0.506 e. The molecule has 0 aliphatic carbocycles. The molecular formula is C46H36Cl6F2N6O3. The number of halogens is 8. The lowest BCUT2D eigenvalue weighted by atomic mass is 9.96. The Balaban J connectivity index is 0.000000189. The van der Waals surface area contributed by atoms with E-state index in [1.807, 2.05) is 37.3 Å². The Morgan fingerprint density at radius 1 is 0.635 bits per heavy atom. The van der Waals surface area contributed by atoms with Gasteiger partial charge in [-0.2, -0.15) is 0 Å². The van der Waals surface area contributed by atoms with Crippen molar-refractivity contribution in [1.82, 2.24) is 19.9 Å². The number of aldehydes is 1. The standard InChI is InChI=1S/C23H17Cl3FN3O.C9H7NO.C7H4Cl2O.C7H8ClFN2/c1-2-13-17(25)11-29-23(19(13)27)30-21(14-6-3-7-16(24)18(14)26)15-9-8-12-5-4-10-28-20(12)22(15)31;11-8-5-1-3-7-4-2-6-10-9(7)8;8-6-3-1-2-5(4-10)7(6)9;1-2-4-5(8)3-11-7(10)6(4)9/h3-11,21,31H,2H2,1H3,(H,29,30);1-6,11H;1-4H;3H,2H2,1H3,(H2,10,11). The normalized spacial score (nSPS) is 11.0. The molecule has 17 heteroatoms. The Hall–Kier alpha value is -5.53. The van der Waals surface area contributed by atoms with E-state index in [0.717, 1.165) is 10.8 Å².